The molecule has 0 amide bonds. The first kappa shape index (κ1) is 14.9. The maximum Gasteiger partial charge on any atom is 0.235 e. The SMILES string of the molecule is Nc1cccc2c1CCCN2S(=O)(=O)CCc1ccccc1. The molecule has 0 saturated heterocycles. The Hall–Kier alpha value is -2.01. The lowest BCUT2D eigenvalue weighted by Crippen LogP contribution is -2.37. The molecular formula is C17H20N2O2S. The Morgan fingerprint density at radius 2 is 1.82 bits per heavy atom. The molecule has 2 N–H and O–H groups in total. The van der Waals surface area contributed by atoms with Crippen LogP contribution in [0.15, 0.2) is 48.5 Å². The summed E-state index contributed by atoms with van der Waals surface area (Å²) < 4.78 is 27.0. The third-order valence-corrected chi connectivity index (χ3v) is 5.84. The van der Waals surface area contributed by atoms with E-state index in [0.717, 1.165) is 29.7 Å². The Balaban J connectivity index is 1.83. The highest BCUT2D eigenvalue weighted by atomic mass is 32.2. The third-order valence-electron chi connectivity index (χ3n) is 4.07. The molecule has 2 aromatic carbocycles. The molecule has 0 aliphatic carbocycles. The molecule has 22 heavy (non-hydrogen) atoms. The standard InChI is InChI=1S/C17H20N2O2S/c18-16-9-4-10-17-15(16)8-5-12-19(17)22(20,21)13-11-14-6-2-1-3-7-14/h1-4,6-7,9-10H,5,8,11-13,18H2. The van der Waals surface area contributed by atoms with Crippen molar-refractivity contribution in [2.75, 3.05) is 22.3 Å². The van der Waals surface area contributed by atoms with Crippen LogP contribution in [0.3, 0.4) is 0 Å². The highest BCUT2D eigenvalue weighted by Gasteiger charge is 2.27. The van der Waals surface area contributed by atoms with Gasteiger partial charge in [-0.05, 0) is 42.5 Å². The van der Waals surface area contributed by atoms with Gasteiger partial charge in [0.15, 0.2) is 0 Å². The second-order valence-electron chi connectivity index (χ2n) is 5.57. The van der Waals surface area contributed by atoms with Gasteiger partial charge in [0.1, 0.15) is 0 Å². The van der Waals surface area contributed by atoms with Crippen LogP contribution in [0.4, 0.5) is 11.4 Å². The quantitative estimate of drug-likeness (QED) is 0.882. The second kappa shape index (κ2) is 6.01. The molecule has 2 aromatic rings. The van der Waals surface area contributed by atoms with Gasteiger partial charge in [0.2, 0.25) is 10.0 Å². The van der Waals surface area contributed by atoms with Crippen molar-refractivity contribution in [3.8, 4) is 0 Å². The molecule has 0 fully saturated rings. The lowest BCUT2D eigenvalue weighted by molar-refractivity contribution is 0.586. The van der Waals surface area contributed by atoms with Crippen LogP contribution in [0.2, 0.25) is 0 Å². The Bertz CT molecular complexity index is 757. The fourth-order valence-corrected chi connectivity index (χ4v) is 4.50. The number of aryl methyl sites for hydroxylation is 1. The maximum absolute atomic E-state index is 12.7. The number of hydrogen-bond donors (Lipinski definition) is 1. The number of hydrogen-bond acceptors (Lipinski definition) is 3. The number of anilines is 2. The molecule has 116 valence electrons. The molecule has 3 rings (SSSR count). The number of fused-ring (bicyclic) bond motifs is 1. The molecule has 0 bridgehead atoms. The average Bonchev–Trinajstić information content (AvgIpc) is 2.54. The molecule has 1 aliphatic heterocycles. The van der Waals surface area contributed by atoms with Crippen LogP contribution in [0.5, 0.6) is 0 Å². The monoisotopic (exact) mass is 316 g/mol. The first-order valence-electron chi connectivity index (χ1n) is 7.49. The van der Waals surface area contributed by atoms with E-state index in [2.05, 4.69) is 0 Å². The molecular weight excluding hydrogens is 296 g/mol. The Kier molecular flexibility index (Phi) is 4.07. The molecule has 4 nitrogen and oxygen atoms in total. The van der Waals surface area contributed by atoms with E-state index in [4.69, 9.17) is 5.73 Å². The predicted molar refractivity (Wildman–Crippen MR) is 90.5 cm³/mol. The van der Waals surface area contributed by atoms with Gasteiger partial charge in [-0.3, -0.25) is 4.31 Å². The number of nitrogens with two attached hydrogens (primary N) is 1. The molecule has 0 saturated carbocycles. The van der Waals surface area contributed by atoms with Gasteiger partial charge in [0, 0.05) is 12.2 Å². The van der Waals surface area contributed by atoms with Crippen molar-refractivity contribution in [1.29, 1.82) is 0 Å². The van der Waals surface area contributed by atoms with E-state index < -0.39 is 10.0 Å². The average molecular weight is 316 g/mol. The lowest BCUT2D eigenvalue weighted by Gasteiger charge is -2.31. The van der Waals surface area contributed by atoms with E-state index in [1.54, 1.807) is 0 Å². The third kappa shape index (κ3) is 2.95. The van der Waals surface area contributed by atoms with Crippen molar-refractivity contribution in [2.24, 2.45) is 0 Å². The maximum atomic E-state index is 12.7. The molecule has 0 radical (unpaired) electrons. The van der Waals surface area contributed by atoms with Crippen molar-refractivity contribution in [3.05, 3.63) is 59.7 Å². The van der Waals surface area contributed by atoms with Crippen LogP contribution in [-0.4, -0.2) is 20.7 Å². The van der Waals surface area contributed by atoms with Gasteiger partial charge in [0.05, 0.1) is 11.4 Å². The normalized spacial score (nSPS) is 14.6. The van der Waals surface area contributed by atoms with Crippen LogP contribution >= 0.6 is 0 Å². The first-order chi connectivity index (χ1) is 10.6. The number of nitrogen functional groups attached to an aromatic ring is 1. The van der Waals surface area contributed by atoms with Gasteiger partial charge in [-0.25, -0.2) is 8.42 Å². The van der Waals surface area contributed by atoms with Gasteiger partial charge in [0.25, 0.3) is 0 Å². The number of sulfonamides is 1. The summed E-state index contributed by atoms with van der Waals surface area (Å²) in [6.45, 7) is 0.535. The Labute approximate surface area is 131 Å². The minimum Gasteiger partial charge on any atom is -0.398 e. The lowest BCUT2D eigenvalue weighted by atomic mass is 10.0. The number of rotatable bonds is 4. The van der Waals surface area contributed by atoms with Crippen LogP contribution in [0, 0.1) is 0 Å². The fraction of sp³-hybridized carbons (Fsp3) is 0.294. The molecule has 1 aliphatic rings. The minimum absolute atomic E-state index is 0.116. The largest absolute Gasteiger partial charge is 0.398 e. The smallest absolute Gasteiger partial charge is 0.235 e. The summed E-state index contributed by atoms with van der Waals surface area (Å²) in [6.07, 6.45) is 2.18. The molecule has 0 unspecified atom stereocenters. The van der Waals surface area contributed by atoms with E-state index >= 15 is 0 Å². The highest BCUT2D eigenvalue weighted by Crippen LogP contribution is 2.33. The summed E-state index contributed by atoms with van der Waals surface area (Å²) in [7, 11) is -3.33. The summed E-state index contributed by atoms with van der Waals surface area (Å²) in [5.74, 6) is 0.116. The van der Waals surface area contributed by atoms with Crippen LogP contribution in [-0.2, 0) is 22.9 Å². The Morgan fingerprint density at radius 3 is 2.59 bits per heavy atom. The van der Waals surface area contributed by atoms with Crippen molar-refractivity contribution in [3.63, 3.8) is 0 Å². The van der Waals surface area contributed by atoms with Crippen LogP contribution in [0.1, 0.15) is 17.5 Å². The van der Waals surface area contributed by atoms with Gasteiger partial charge >= 0.3 is 0 Å². The molecule has 1 heterocycles. The van der Waals surface area contributed by atoms with E-state index in [1.807, 2.05) is 48.5 Å². The first-order valence-corrected chi connectivity index (χ1v) is 9.10. The van der Waals surface area contributed by atoms with Crippen LogP contribution < -0.4 is 10.0 Å². The molecule has 0 atom stereocenters. The summed E-state index contributed by atoms with van der Waals surface area (Å²) in [5, 5.41) is 0. The van der Waals surface area contributed by atoms with Crippen molar-refractivity contribution in [1.82, 2.24) is 0 Å². The van der Waals surface area contributed by atoms with Gasteiger partial charge in [-0.1, -0.05) is 36.4 Å². The van der Waals surface area contributed by atoms with Gasteiger partial charge in [-0.2, -0.15) is 0 Å². The van der Waals surface area contributed by atoms with E-state index in [0.29, 0.717) is 18.7 Å². The topological polar surface area (TPSA) is 63.4 Å². The second-order valence-corrected chi connectivity index (χ2v) is 7.59. The molecule has 0 aromatic heterocycles. The Morgan fingerprint density at radius 1 is 1.05 bits per heavy atom. The highest BCUT2D eigenvalue weighted by molar-refractivity contribution is 7.92. The zero-order valence-electron chi connectivity index (χ0n) is 12.4. The van der Waals surface area contributed by atoms with E-state index in [1.165, 1.54) is 4.31 Å². The number of benzene rings is 2. The fourth-order valence-electron chi connectivity index (χ4n) is 2.91. The van der Waals surface area contributed by atoms with E-state index in [9.17, 15) is 8.42 Å². The van der Waals surface area contributed by atoms with Gasteiger partial charge < -0.3 is 5.73 Å². The van der Waals surface area contributed by atoms with Gasteiger partial charge in [-0.15, -0.1) is 0 Å². The van der Waals surface area contributed by atoms with Crippen molar-refractivity contribution >= 4 is 21.4 Å². The van der Waals surface area contributed by atoms with E-state index in [-0.39, 0.29) is 5.75 Å². The van der Waals surface area contributed by atoms with Crippen molar-refractivity contribution in [2.45, 2.75) is 19.3 Å². The summed E-state index contributed by atoms with van der Waals surface area (Å²) >= 11 is 0. The molecule has 0 spiro atoms. The summed E-state index contributed by atoms with van der Waals surface area (Å²) in [4.78, 5) is 0. The van der Waals surface area contributed by atoms with Crippen molar-refractivity contribution < 1.29 is 8.42 Å². The zero-order chi connectivity index (χ0) is 15.6. The summed E-state index contributed by atoms with van der Waals surface area (Å²) in [5.41, 5.74) is 9.41. The summed E-state index contributed by atoms with van der Waals surface area (Å²) in [6, 6.07) is 15.2. The predicted octanol–water partition coefficient (Wildman–Crippen LogP) is 2.59. The number of nitrogens with zero attached hydrogens (tertiary/aromatic N) is 1. The van der Waals surface area contributed by atoms with Crippen LogP contribution in [0.25, 0.3) is 0 Å². The minimum atomic E-state index is -3.33. The molecule has 5 heteroatoms. The zero-order valence-corrected chi connectivity index (χ0v) is 13.2.